The van der Waals surface area contributed by atoms with Crippen LogP contribution in [0.1, 0.15) is 55.4 Å². The number of anilines is 2. The first-order valence-electron chi connectivity index (χ1n) is 13.2. The molecular weight excluding hydrogens is 625 g/mol. The minimum Gasteiger partial charge on any atom is -0.491 e. The van der Waals surface area contributed by atoms with Crippen LogP contribution < -0.4 is 19.5 Å². The monoisotopic (exact) mass is 654 g/mol. The molecule has 3 aromatic carbocycles. The van der Waals surface area contributed by atoms with Crippen LogP contribution in [0.5, 0.6) is 11.5 Å². The Kier molecular flexibility index (Phi) is 9.24. The maximum absolute atomic E-state index is 13.2. The Labute approximate surface area is 257 Å². The number of amides is 1. The zero-order chi connectivity index (χ0) is 31.7. The predicted octanol–water partition coefficient (Wildman–Crippen LogP) is 8.58. The Bertz CT molecular complexity index is 1770. The van der Waals surface area contributed by atoms with Gasteiger partial charge in [0, 0.05) is 32.6 Å². The highest BCUT2D eigenvalue weighted by Gasteiger charge is 2.33. The molecular formula is C30H30ClF3N2O5S2. The lowest BCUT2D eigenvalue weighted by atomic mass is 9.78. The van der Waals surface area contributed by atoms with E-state index in [1.807, 2.05) is 13.8 Å². The molecule has 1 amide bonds. The average molecular weight is 655 g/mol. The number of carbonyl (C=O) groups excluding carboxylic acids is 1. The molecule has 0 atom stereocenters. The molecule has 1 heterocycles. The summed E-state index contributed by atoms with van der Waals surface area (Å²) in [6.07, 6.45) is -5.17. The summed E-state index contributed by atoms with van der Waals surface area (Å²) in [6, 6.07) is 15.8. The number of fused-ring (bicyclic) bond motifs is 1. The van der Waals surface area contributed by atoms with E-state index in [0.29, 0.717) is 37.8 Å². The number of benzene rings is 3. The molecule has 7 nitrogen and oxygen atoms in total. The first-order chi connectivity index (χ1) is 19.9. The third-order valence-electron chi connectivity index (χ3n) is 6.48. The van der Waals surface area contributed by atoms with Gasteiger partial charge in [0.05, 0.1) is 16.7 Å². The van der Waals surface area contributed by atoms with Crippen molar-refractivity contribution < 1.29 is 35.9 Å². The molecule has 1 aromatic heterocycles. The van der Waals surface area contributed by atoms with Crippen LogP contribution in [0.3, 0.4) is 0 Å². The molecule has 0 fully saturated rings. The molecule has 4 rings (SSSR count). The van der Waals surface area contributed by atoms with Crippen LogP contribution in [0.25, 0.3) is 10.1 Å². The Morgan fingerprint density at radius 1 is 0.953 bits per heavy atom. The standard InChI is InChI=1S/C30H30ClF3N2O5S2/c1-6-43(38,39)36-22-7-8-26-18(9-22)10-27(42-26)28(37)35-23-12-19(11-21(31)15-23)29(4,5)20-13-24(40-17(2)3)16-25(14-20)41-30(32,33)34/h7-17,36H,6H2,1-5H3,(H,35,37). The van der Waals surface area contributed by atoms with Crippen molar-refractivity contribution in [2.75, 3.05) is 15.8 Å². The van der Waals surface area contributed by atoms with E-state index in [2.05, 4.69) is 14.8 Å². The van der Waals surface area contributed by atoms with E-state index >= 15 is 0 Å². The number of thiophene rings is 1. The highest BCUT2D eigenvalue weighted by molar-refractivity contribution is 7.92. The van der Waals surface area contributed by atoms with Gasteiger partial charge in [-0.3, -0.25) is 9.52 Å². The minimum absolute atomic E-state index is 0.0690. The number of carbonyl (C=O) groups is 1. The molecule has 0 aliphatic carbocycles. The number of rotatable bonds is 10. The zero-order valence-corrected chi connectivity index (χ0v) is 26.3. The summed E-state index contributed by atoms with van der Waals surface area (Å²) >= 11 is 7.67. The van der Waals surface area contributed by atoms with Gasteiger partial charge in [-0.1, -0.05) is 25.4 Å². The van der Waals surface area contributed by atoms with Gasteiger partial charge in [0.2, 0.25) is 10.0 Å². The lowest BCUT2D eigenvalue weighted by Gasteiger charge is -2.28. The number of alkyl halides is 3. The predicted molar refractivity (Wildman–Crippen MR) is 165 cm³/mol. The average Bonchev–Trinajstić information content (AvgIpc) is 3.30. The van der Waals surface area contributed by atoms with Gasteiger partial charge in [0.25, 0.3) is 5.91 Å². The Hall–Kier alpha value is -3.48. The summed E-state index contributed by atoms with van der Waals surface area (Å²) in [4.78, 5) is 13.6. The fourth-order valence-electron chi connectivity index (χ4n) is 4.32. The smallest absolute Gasteiger partial charge is 0.491 e. The molecule has 43 heavy (non-hydrogen) atoms. The summed E-state index contributed by atoms with van der Waals surface area (Å²) in [5.41, 5.74) is 0.996. The normalized spacial score (nSPS) is 12.4. The van der Waals surface area contributed by atoms with Gasteiger partial charge in [-0.05, 0) is 91.9 Å². The first-order valence-corrected chi connectivity index (χ1v) is 16.0. The Balaban J connectivity index is 1.63. The summed E-state index contributed by atoms with van der Waals surface area (Å²) in [5, 5.41) is 3.85. The molecule has 0 saturated heterocycles. The van der Waals surface area contributed by atoms with Crippen LogP contribution in [-0.4, -0.2) is 32.5 Å². The van der Waals surface area contributed by atoms with Crippen LogP contribution in [0.4, 0.5) is 24.5 Å². The number of ether oxygens (including phenoxy) is 2. The molecule has 0 aliphatic rings. The van der Waals surface area contributed by atoms with E-state index < -0.39 is 33.5 Å². The Morgan fingerprint density at radius 2 is 1.63 bits per heavy atom. The van der Waals surface area contributed by atoms with E-state index in [1.165, 1.54) is 30.4 Å². The number of hydrogen-bond donors (Lipinski definition) is 2. The van der Waals surface area contributed by atoms with Crippen LogP contribution in [-0.2, 0) is 15.4 Å². The van der Waals surface area contributed by atoms with Gasteiger partial charge in [-0.25, -0.2) is 8.42 Å². The highest BCUT2D eigenvalue weighted by atomic mass is 35.5. The second-order valence-corrected chi connectivity index (χ2v) is 14.1. The van der Waals surface area contributed by atoms with Crippen molar-refractivity contribution in [3.8, 4) is 11.5 Å². The van der Waals surface area contributed by atoms with Crippen molar-refractivity contribution >= 4 is 60.3 Å². The van der Waals surface area contributed by atoms with Gasteiger partial charge >= 0.3 is 6.36 Å². The molecule has 2 N–H and O–H groups in total. The molecule has 0 saturated carbocycles. The van der Waals surface area contributed by atoms with E-state index in [4.69, 9.17) is 16.3 Å². The van der Waals surface area contributed by atoms with Crippen molar-refractivity contribution in [3.63, 3.8) is 0 Å². The second-order valence-electron chi connectivity index (χ2n) is 10.6. The minimum atomic E-state index is -4.89. The molecule has 0 bridgehead atoms. The summed E-state index contributed by atoms with van der Waals surface area (Å²) < 4.78 is 76.3. The van der Waals surface area contributed by atoms with Crippen molar-refractivity contribution in [2.24, 2.45) is 0 Å². The number of hydrogen-bond acceptors (Lipinski definition) is 6. The number of halogens is 4. The van der Waals surface area contributed by atoms with Crippen LogP contribution >= 0.6 is 22.9 Å². The van der Waals surface area contributed by atoms with Crippen molar-refractivity contribution in [1.82, 2.24) is 0 Å². The van der Waals surface area contributed by atoms with Crippen LogP contribution in [0.15, 0.2) is 60.7 Å². The zero-order valence-electron chi connectivity index (χ0n) is 23.9. The fraction of sp³-hybridized carbons (Fsp3) is 0.300. The van der Waals surface area contributed by atoms with Crippen LogP contribution in [0, 0.1) is 0 Å². The van der Waals surface area contributed by atoms with E-state index in [-0.39, 0.29) is 17.6 Å². The summed E-state index contributed by atoms with van der Waals surface area (Å²) in [5.74, 6) is -0.679. The van der Waals surface area contributed by atoms with Crippen LogP contribution in [0.2, 0.25) is 5.02 Å². The van der Waals surface area contributed by atoms with E-state index in [0.717, 1.165) is 4.70 Å². The molecule has 230 valence electrons. The van der Waals surface area contributed by atoms with Gasteiger partial charge < -0.3 is 14.8 Å². The summed E-state index contributed by atoms with van der Waals surface area (Å²) in [7, 11) is -3.45. The summed E-state index contributed by atoms with van der Waals surface area (Å²) in [6.45, 7) is 8.68. The molecule has 13 heteroatoms. The molecule has 0 aliphatic heterocycles. The van der Waals surface area contributed by atoms with E-state index in [9.17, 15) is 26.4 Å². The number of nitrogens with one attached hydrogen (secondary N) is 2. The lowest BCUT2D eigenvalue weighted by Crippen LogP contribution is -2.22. The van der Waals surface area contributed by atoms with Gasteiger partial charge in [-0.2, -0.15) is 0 Å². The molecule has 0 spiro atoms. The fourth-order valence-corrected chi connectivity index (χ4v) is 6.12. The SMILES string of the molecule is CCS(=O)(=O)Nc1ccc2sc(C(=O)Nc3cc(Cl)cc(C(C)(C)c4cc(OC(C)C)cc(OC(F)(F)F)c4)c3)cc2c1. The van der Waals surface area contributed by atoms with Crippen molar-refractivity contribution in [2.45, 2.75) is 52.5 Å². The molecule has 0 unspecified atom stereocenters. The highest BCUT2D eigenvalue weighted by Crippen LogP contribution is 2.40. The van der Waals surface area contributed by atoms with Gasteiger partial charge in [-0.15, -0.1) is 24.5 Å². The second kappa shape index (κ2) is 12.3. The van der Waals surface area contributed by atoms with Crippen molar-refractivity contribution in [1.29, 1.82) is 0 Å². The van der Waals surface area contributed by atoms with Crippen molar-refractivity contribution in [3.05, 3.63) is 81.7 Å². The maximum Gasteiger partial charge on any atom is 0.573 e. The van der Waals surface area contributed by atoms with Gasteiger partial charge in [0.15, 0.2) is 0 Å². The quantitative estimate of drug-likeness (QED) is 0.179. The topological polar surface area (TPSA) is 93.7 Å². The first kappa shape index (κ1) is 32.4. The van der Waals surface area contributed by atoms with E-state index in [1.54, 1.807) is 62.4 Å². The largest absolute Gasteiger partial charge is 0.573 e. The maximum atomic E-state index is 13.2. The van der Waals surface area contributed by atoms with Gasteiger partial charge in [0.1, 0.15) is 11.5 Å². The Morgan fingerprint density at radius 3 is 2.28 bits per heavy atom. The molecule has 4 aromatic rings. The third-order valence-corrected chi connectivity index (χ3v) is 9.12. The lowest BCUT2D eigenvalue weighted by molar-refractivity contribution is -0.274. The third kappa shape index (κ3) is 8.33. The number of sulfonamides is 1. The molecule has 0 radical (unpaired) electrons.